The van der Waals surface area contributed by atoms with Gasteiger partial charge in [-0.05, 0) is 37.6 Å². The van der Waals surface area contributed by atoms with E-state index in [2.05, 4.69) is 5.32 Å². The Morgan fingerprint density at radius 3 is 2.87 bits per heavy atom. The summed E-state index contributed by atoms with van der Waals surface area (Å²) in [6.07, 6.45) is 0.720. The fourth-order valence-corrected chi connectivity index (χ4v) is 1.37. The van der Waals surface area contributed by atoms with Crippen molar-refractivity contribution in [2.24, 2.45) is 11.7 Å². The molecule has 0 saturated carbocycles. The average Bonchev–Trinajstić information content (AvgIpc) is 2.18. The zero-order valence-electron chi connectivity index (χ0n) is 9.29. The molecule has 0 radical (unpaired) electrons. The molecule has 1 amide bonds. The van der Waals surface area contributed by atoms with E-state index in [-0.39, 0.29) is 11.8 Å². The fraction of sp³-hybridized carbons (Fsp3) is 0.417. The highest BCUT2D eigenvalue weighted by molar-refractivity contribution is 5.92. The first-order chi connectivity index (χ1) is 7.13. The van der Waals surface area contributed by atoms with Crippen LogP contribution in [-0.4, -0.2) is 12.5 Å². The first-order valence-electron chi connectivity index (χ1n) is 5.21. The van der Waals surface area contributed by atoms with Crippen LogP contribution < -0.4 is 11.1 Å². The Kier molecular flexibility index (Phi) is 4.31. The number of carbonyl (C=O) groups is 1. The second kappa shape index (κ2) is 5.51. The Morgan fingerprint density at radius 2 is 2.27 bits per heavy atom. The van der Waals surface area contributed by atoms with E-state index >= 15 is 0 Å². The highest BCUT2D eigenvalue weighted by atomic mass is 16.1. The maximum Gasteiger partial charge on any atom is 0.227 e. The molecule has 1 atom stereocenters. The van der Waals surface area contributed by atoms with Crippen LogP contribution in [0.1, 0.15) is 18.9 Å². The van der Waals surface area contributed by atoms with Gasteiger partial charge in [0.25, 0.3) is 0 Å². The van der Waals surface area contributed by atoms with E-state index in [9.17, 15) is 4.79 Å². The predicted octanol–water partition coefficient (Wildman–Crippen LogP) is 1.92. The lowest BCUT2D eigenvalue weighted by Crippen LogP contribution is -2.22. The molecule has 1 aromatic carbocycles. The van der Waals surface area contributed by atoms with Crippen LogP contribution in [0.4, 0.5) is 5.69 Å². The van der Waals surface area contributed by atoms with E-state index in [1.807, 2.05) is 38.1 Å². The molecule has 0 aliphatic rings. The second-order valence-corrected chi connectivity index (χ2v) is 3.84. The Labute approximate surface area is 90.7 Å². The molecule has 1 aromatic rings. The van der Waals surface area contributed by atoms with Gasteiger partial charge in [-0.15, -0.1) is 0 Å². The number of benzene rings is 1. The Hall–Kier alpha value is -1.35. The van der Waals surface area contributed by atoms with Crippen molar-refractivity contribution in [3.05, 3.63) is 29.8 Å². The van der Waals surface area contributed by atoms with Gasteiger partial charge in [0.2, 0.25) is 5.91 Å². The van der Waals surface area contributed by atoms with E-state index in [1.165, 1.54) is 0 Å². The van der Waals surface area contributed by atoms with Crippen molar-refractivity contribution in [1.82, 2.24) is 0 Å². The number of nitrogens with two attached hydrogens (primary N) is 1. The molecule has 15 heavy (non-hydrogen) atoms. The molecule has 0 aliphatic carbocycles. The lowest BCUT2D eigenvalue weighted by atomic mass is 10.1. The van der Waals surface area contributed by atoms with Gasteiger partial charge < -0.3 is 11.1 Å². The molecular weight excluding hydrogens is 188 g/mol. The molecule has 0 spiro atoms. The zero-order valence-corrected chi connectivity index (χ0v) is 9.29. The number of carbonyl (C=O) groups excluding carboxylic acids is 1. The third kappa shape index (κ3) is 3.72. The van der Waals surface area contributed by atoms with Crippen LogP contribution in [0.2, 0.25) is 0 Å². The molecule has 1 unspecified atom stereocenters. The number of hydrogen-bond acceptors (Lipinski definition) is 2. The van der Waals surface area contributed by atoms with Gasteiger partial charge in [0.15, 0.2) is 0 Å². The second-order valence-electron chi connectivity index (χ2n) is 3.84. The van der Waals surface area contributed by atoms with Gasteiger partial charge in [-0.3, -0.25) is 4.79 Å². The van der Waals surface area contributed by atoms with E-state index in [1.54, 1.807) is 0 Å². The van der Waals surface area contributed by atoms with Crippen molar-refractivity contribution in [2.45, 2.75) is 20.3 Å². The minimum atomic E-state index is -0.0319. The van der Waals surface area contributed by atoms with Crippen LogP contribution in [0.3, 0.4) is 0 Å². The van der Waals surface area contributed by atoms with Crippen molar-refractivity contribution < 1.29 is 4.79 Å². The van der Waals surface area contributed by atoms with E-state index in [0.29, 0.717) is 6.54 Å². The third-order valence-corrected chi connectivity index (χ3v) is 2.33. The summed E-state index contributed by atoms with van der Waals surface area (Å²) >= 11 is 0. The normalized spacial score (nSPS) is 12.2. The summed E-state index contributed by atoms with van der Waals surface area (Å²) in [6.45, 7) is 4.43. The lowest BCUT2D eigenvalue weighted by molar-refractivity contribution is -0.119. The van der Waals surface area contributed by atoms with Gasteiger partial charge in [0, 0.05) is 11.6 Å². The molecule has 0 aliphatic heterocycles. The minimum Gasteiger partial charge on any atom is -0.330 e. The standard InChI is InChI=1S/C12H18N2O/c1-9-4-3-5-11(8-9)14-12(15)10(2)6-7-13/h3-5,8,10H,6-7,13H2,1-2H3,(H,14,15). The first-order valence-corrected chi connectivity index (χ1v) is 5.21. The summed E-state index contributed by atoms with van der Waals surface area (Å²) in [4.78, 5) is 11.6. The van der Waals surface area contributed by atoms with Crippen molar-refractivity contribution in [2.75, 3.05) is 11.9 Å². The van der Waals surface area contributed by atoms with Gasteiger partial charge in [0.1, 0.15) is 0 Å². The first kappa shape index (κ1) is 11.7. The summed E-state index contributed by atoms with van der Waals surface area (Å²) in [5.74, 6) is 0.00145. The number of amides is 1. The molecule has 0 bridgehead atoms. The van der Waals surface area contributed by atoms with Crippen molar-refractivity contribution in [3.8, 4) is 0 Å². The van der Waals surface area contributed by atoms with Crippen LogP contribution in [0.5, 0.6) is 0 Å². The topological polar surface area (TPSA) is 55.1 Å². The molecule has 0 saturated heterocycles. The Balaban J connectivity index is 2.58. The van der Waals surface area contributed by atoms with Gasteiger partial charge in [-0.1, -0.05) is 19.1 Å². The monoisotopic (exact) mass is 206 g/mol. The molecule has 82 valence electrons. The van der Waals surface area contributed by atoms with E-state index < -0.39 is 0 Å². The van der Waals surface area contributed by atoms with Crippen molar-refractivity contribution in [3.63, 3.8) is 0 Å². The smallest absolute Gasteiger partial charge is 0.227 e. The average molecular weight is 206 g/mol. The summed E-state index contributed by atoms with van der Waals surface area (Å²) in [7, 11) is 0. The van der Waals surface area contributed by atoms with Crippen LogP contribution in [0.25, 0.3) is 0 Å². The predicted molar refractivity (Wildman–Crippen MR) is 62.6 cm³/mol. The number of aryl methyl sites for hydroxylation is 1. The zero-order chi connectivity index (χ0) is 11.3. The van der Waals surface area contributed by atoms with Gasteiger partial charge in [-0.25, -0.2) is 0 Å². The third-order valence-electron chi connectivity index (χ3n) is 2.33. The molecule has 1 rings (SSSR count). The van der Waals surface area contributed by atoms with Crippen molar-refractivity contribution >= 4 is 11.6 Å². The van der Waals surface area contributed by atoms with Gasteiger partial charge >= 0.3 is 0 Å². The molecule has 0 fully saturated rings. The molecule has 3 N–H and O–H groups in total. The van der Waals surface area contributed by atoms with Crippen LogP contribution in [0.15, 0.2) is 24.3 Å². The number of rotatable bonds is 4. The summed E-state index contributed by atoms with van der Waals surface area (Å²) in [6, 6.07) is 7.77. The van der Waals surface area contributed by atoms with Crippen LogP contribution in [-0.2, 0) is 4.79 Å². The van der Waals surface area contributed by atoms with Crippen LogP contribution in [0, 0.1) is 12.8 Å². The SMILES string of the molecule is Cc1cccc(NC(=O)C(C)CCN)c1. The number of anilines is 1. The van der Waals surface area contributed by atoms with Crippen molar-refractivity contribution in [1.29, 1.82) is 0 Å². The summed E-state index contributed by atoms with van der Waals surface area (Å²) < 4.78 is 0. The number of hydrogen-bond donors (Lipinski definition) is 2. The minimum absolute atomic E-state index is 0.0319. The largest absolute Gasteiger partial charge is 0.330 e. The number of nitrogens with one attached hydrogen (secondary N) is 1. The highest BCUT2D eigenvalue weighted by Crippen LogP contribution is 2.11. The van der Waals surface area contributed by atoms with E-state index in [4.69, 9.17) is 5.73 Å². The molecular formula is C12H18N2O. The maximum atomic E-state index is 11.6. The fourth-order valence-electron chi connectivity index (χ4n) is 1.37. The quantitative estimate of drug-likeness (QED) is 0.790. The van der Waals surface area contributed by atoms with E-state index in [0.717, 1.165) is 17.7 Å². The van der Waals surface area contributed by atoms with Gasteiger partial charge in [-0.2, -0.15) is 0 Å². The molecule has 3 heteroatoms. The molecule has 0 aromatic heterocycles. The lowest BCUT2D eigenvalue weighted by Gasteiger charge is -2.11. The summed E-state index contributed by atoms with van der Waals surface area (Å²) in [5.41, 5.74) is 7.39. The molecule has 3 nitrogen and oxygen atoms in total. The van der Waals surface area contributed by atoms with Crippen LogP contribution >= 0.6 is 0 Å². The molecule has 0 heterocycles. The highest BCUT2D eigenvalue weighted by Gasteiger charge is 2.11. The summed E-state index contributed by atoms with van der Waals surface area (Å²) in [5, 5.41) is 2.87. The van der Waals surface area contributed by atoms with Gasteiger partial charge in [0.05, 0.1) is 0 Å². The Morgan fingerprint density at radius 1 is 1.53 bits per heavy atom. The maximum absolute atomic E-state index is 11.6. The Bertz CT molecular complexity index is 336.